The van der Waals surface area contributed by atoms with Crippen molar-refractivity contribution < 1.29 is 14.4 Å². The van der Waals surface area contributed by atoms with Crippen molar-refractivity contribution in [2.45, 2.75) is 39.8 Å². The third-order valence-corrected chi connectivity index (χ3v) is 3.49. The monoisotopic (exact) mass is 335 g/mol. The highest BCUT2D eigenvalue weighted by Gasteiger charge is 2.20. The van der Waals surface area contributed by atoms with E-state index in [4.69, 9.17) is 0 Å². The first-order chi connectivity index (χ1) is 9.72. The van der Waals surface area contributed by atoms with Crippen LogP contribution in [0.5, 0.6) is 0 Å². The second-order valence-electron chi connectivity index (χ2n) is 5.44. The van der Waals surface area contributed by atoms with Crippen LogP contribution in [0.25, 0.3) is 0 Å². The van der Waals surface area contributed by atoms with E-state index in [1.165, 1.54) is 11.8 Å². The Morgan fingerprint density at radius 1 is 1.10 bits per heavy atom. The molecule has 21 heavy (non-hydrogen) atoms. The molecule has 0 aliphatic heterocycles. The lowest BCUT2D eigenvalue weighted by Crippen LogP contribution is -2.48. The Kier molecular flexibility index (Phi) is 10.4. The average Bonchev–Trinajstić information content (AvgIpc) is 2.33. The molecule has 0 aromatic rings. The zero-order valence-corrected chi connectivity index (χ0v) is 15.0. The lowest BCUT2D eigenvalue weighted by Gasteiger charge is -2.18. The maximum Gasteiger partial charge on any atom is 0.243 e. The van der Waals surface area contributed by atoms with Gasteiger partial charge < -0.3 is 16.0 Å². The van der Waals surface area contributed by atoms with Crippen molar-refractivity contribution >= 4 is 38.5 Å². The molecule has 0 radical (unpaired) electrons. The zero-order chi connectivity index (χ0) is 16.4. The Labute approximate surface area is 133 Å². The largest absolute Gasteiger partial charge is 0.355 e. The van der Waals surface area contributed by atoms with E-state index in [2.05, 4.69) is 16.0 Å². The molecule has 0 spiro atoms. The molecule has 122 valence electrons. The predicted molar refractivity (Wildman–Crippen MR) is 90.5 cm³/mol. The van der Waals surface area contributed by atoms with Gasteiger partial charge in [0, 0.05) is 18.3 Å². The van der Waals surface area contributed by atoms with E-state index in [1.54, 1.807) is 0 Å². The standard InChI is InChI=1S/C13H26N3O3PS/c1-8(2)5-14-11(17)7-21-6-10(16-13(19)20)12(18)15-9(3)4/h8-10H,5-7,20H2,1-4H3,(H,14,17)(H,15,18)(H,16,19). The van der Waals surface area contributed by atoms with Crippen LogP contribution in [-0.4, -0.2) is 47.6 Å². The van der Waals surface area contributed by atoms with Gasteiger partial charge in [-0.1, -0.05) is 13.8 Å². The number of amides is 3. The van der Waals surface area contributed by atoms with Crippen molar-refractivity contribution in [3.8, 4) is 0 Å². The number of thioether (sulfide) groups is 1. The number of carbonyl (C=O) groups is 3. The summed E-state index contributed by atoms with van der Waals surface area (Å²) in [5, 5.41) is 8.12. The maximum absolute atomic E-state index is 11.9. The maximum atomic E-state index is 11.9. The van der Waals surface area contributed by atoms with Crippen LogP contribution in [0, 0.1) is 5.92 Å². The molecule has 0 heterocycles. The molecule has 2 unspecified atom stereocenters. The van der Waals surface area contributed by atoms with E-state index in [9.17, 15) is 14.4 Å². The van der Waals surface area contributed by atoms with Crippen molar-refractivity contribution in [2.24, 2.45) is 5.92 Å². The highest BCUT2D eigenvalue weighted by atomic mass is 32.2. The molecule has 3 N–H and O–H groups in total. The molecule has 8 heteroatoms. The van der Waals surface area contributed by atoms with Gasteiger partial charge in [-0.3, -0.25) is 14.4 Å². The van der Waals surface area contributed by atoms with E-state index >= 15 is 0 Å². The molecule has 0 aliphatic rings. The average molecular weight is 335 g/mol. The van der Waals surface area contributed by atoms with Crippen molar-refractivity contribution in [1.29, 1.82) is 0 Å². The predicted octanol–water partition coefficient (Wildman–Crippen LogP) is 0.970. The Hall–Kier alpha value is -0.810. The molecule has 0 rings (SSSR count). The highest BCUT2D eigenvalue weighted by Crippen LogP contribution is 2.05. The lowest BCUT2D eigenvalue weighted by molar-refractivity contribution is -0.123. The summed E-state index contributed by atoms with van der Waals surface area (Å²) in [5.74, 6) is 0.725. The minimum absolute atomic E-state index is 0.000696. The number of hydrogen-bond acceptors (Lipinski definition) is 4. The lowest BCUT2D eigenvalue weighted by atomic mass is 10.2. The van der Waals surface area contributed by atoms with E-state index in [0.29, 0.717) is 18.2 Å². The SMILES string of the molecule is CC(C)CNC(=O)CSCC(NC(=O)P)C(=O)NC(C)C. The molecule has 0 aromatic heterocycles. The molecular weight excluding hydrogens is 309 g/mol. The van der Waals surface area contributed by atoms with Crippen LogP contribution in [-0.2, 0) is 9.59 Å². The molecular formula is C13H26N3O3PS. The minimum Gasteiger partial charge on any atom is -0.355 e. The minimum atomic E-state index is -0.639. The van der Waals surface area contributed by atoms with Crippen molar-refractivity contribution in [3.63, 3.8) is 0 Å². The van der Waals surface area contributed by atoms with Crippen LogP contribution in [0.1, 0.15) is 27.7 Å². The van der Waals surface area contributed by atoms with Crippen LogP contribution in [0.2, 0.25) is 0 Å². The van der Waals surface area contributed by atoms with Gasteiger partial charge in [-0.25, -0.2) is 0 Å². The van der Waals surface area contributed by atoms with Crippen molar-refractivity contribution in [2.75, 3.05) is 18.1 Å². The Balaban J connectivity index is 4.20. The zero-order valence-electron chi connectivity index (χ0n) is 13.1. The third-order valence-electron chi connectivity index (χ3n) is 2.29. The normalized spacial score (nSPS) is 12.1. The van der Waals surface area contributed by atoms with Gasteiger partial charge in [-0.15, -0.1) is 11.8 Å². The summed E-state index contributed by atoms with van der Waals surface area (Å²) in [6.45, 7) is 8.38. The fraction of sp³-hybridized carbons (Fsp3) is 0.769. The molecule has 3 amide bonds. The second kappa shape index (κ2) is 10.9. The van der Waals surface area contributed by atoms with E-state index in [0.717, 1.165) is 0 Å². The highest BCUT2D eigenvalue weighted by molar-refractivity contribution is 8.00. The van der Waals surface area contributed by atoms with E-state index < -0.39 is 6.04 Å². The summed E-state index contributed by atoms with van der Waals surface area (Å²) in [6.07, 6.45) is 0. The van der Waals surface area contributed by atoms with Crippen molar-refractivity contribution in [3.05, 3.63) is 0 Å². The van der Waals surface area contributed by atoms with Gasteiger partial charge >= 0.3 is 0 Å². The van der Waals surface area contributed by atoms with Gasteiger partial charge in [0.15, 0.2) is 0 Å². The van der Waals surface area contributed by atoms with Crippen LogP contribution in [0.15, 0.2) is 0 Å². The molecule has 6 nitrogen and oxygen atoms in total. The van der Waals surface area contributed by atoms with Gasteiger partial charge in [0.25, 0.3) is 0 Å². The fourth-order valence-electron chi connectivity index (χ4n) is 1.38. The number of nitrogens with one attached hydrogen (secondary N) is 3. The first-order valence-corrected chi connectivity index (χ1v) is 8.66. The van der Waals surface area contributed by atoms with Crippen LogP contribution in [0.4, 0.5) is 4.79 Å². The second-order valence-corrected chi connectivity index (χ2v) is 6.99. The van der Waals surface area contributed by atoms with Gasteiger partial charge in [-0.05, 0) is 29.0 Å². The smallest absolute Gasteiger partial charge is 0.243 e. The molecule has 0 saturated carbocycles. The Bertz CT molecular complexity index is 365. The van der Waals surface area contributed by atoms with Gasteiger partial charge in [-0.2, -0.15) is 0 Å². The number of hydrogen-bond donors (Lipinski definition) is 3. The van der Waals surface area contributed by atoms with Crippen LogP contribution >= 0.6 is 21.0 Å². The van der Waals surface area contributed by atoms with Gasteiger partial charge in [0.1, 0.15) is 6.04 Å². The van der Waals surface area contributed by atoms with Gasteiger partial charge in [0.05, 0.1) is 5.75 Å². The fourth-order valence-corrected chi connectivity index (χ4v) is 2.46. The molecule has 0 aliphatic carbocycles. The first-order valence-electron chi connectivity index (χ1n) is 6.93. The molecule has 0 aromatic carbocycles. The summed E-state index contributed by atoms with van der Waals surface area (Å²) in [5.41, 5.74) is -0.344. The summed E-state index contributed by atoms with van der Waals surface area (Å²) in [4.78, 5) is 34.6. The van der Waals surface area contributed by atoms with E-state index in [1.807, 2.05) is 36.9 Å². The Morgan fingerprint density at radius 2 is 1.71 bits per heavy atom. The number of rotatable bonds is 9. The quantitative estimate of drug-likeness (QED) is 0.548. The van der Waals surface area contributed by atoms with E-state index in [-0.39, 0.29) is 29.3 Å². The summed E-state index contributed by atoms with van der Waals surface area (Å²) < 4.78 is 0. The first kappa shape index (κ1) is 20.2. The molecule has 0 saturated heterocycles. The Morgan fingerprint density at radius 3 is 2.19 bits per heavy atom. The molecule has 0 fully saturated rings. The topological polar surface area (TPSA) is 87.3 Å². The summed E-state index contributed by atoms with van der Waals surface area (Å²) in [7, 11) is 1.98. The van der Waals surface area contributed by atoms with Crippen LogP contribution in [0.3, 0.4) is 0 Å². The summed E-state index contributed by atoms with van der Waals surface area (Å²) >= 11 is 1.32. The third kappa shape index (κ3) is 11.5. The number of carbonyl (C=O) groups excluding carboxylic acids is 3. The molecule has 0 bridgehead atoms. The van der Waals surface area contributed by atoms with Gasteiger partial charge in [0.2, 0.25) is 17.5 Å². The summed E-state index contributed by atoms with van der Waals surface area (Å²) in [6, 6.07) is -0.638. The van der Waals surface area contributed by atoms with Crippen LogP contribution < -0.4 is 16.0 Å². The van der Waals surface area contributed by atoms with Crippen molar-refractivity contribution in [1.82, 2.24) is 16.0 Å². The molecule has 2 atom stereocenters.